The number of rotatable bonds is 6. The lowest BCUT2D eigenvalue weighted by Gasteiger charge is -2.29. The SMILES string of the molecule is COc1ccc(C(c2cc(-c3ccc(C)cc3)n(-c3ccccc3)c2O)C2CCCCC2=O)cc1. The molecule has 0 saturated heterocycles. The summed E-state index contributed by atoms with van der Waals surface area (Å²) in [7, 11) is 1.65. The number of hydrogen-bond acceptors (Lipinski definition) is 3. The van der Waals surface area contributed by atoms with Crippen molar-refractivity contribution in [1.29, 1.82) is 0 Å². The molecule has 1 aliphatic rings. The molecule has 0 spiro atoms. The smallest absolute Gasteiger partial charge is 0.200 e. The molecule has 178 valence electrons. The number of hydrogen-bond donors (Lipinski definition) is 1. The van der Waals surface area contributed by atoms with Gasteiger partial charge in [0.1, 0.15) is 11.5 Å². The van der Waals surface area contributed by atoms with Crippen LogP contribution in [-0.2, 0) is 4.79 Å². The van der Waals surface area contributed by atoms with Crippen LogP contribution in [0, 0.1) is 12.8 Å². The lowest BCUT2D eigenvalue weighted by molar-refractivity contribution is -0.125. The van der Waals surface area contributed by atoms with Gasteiger partial charge in [0.2, 0.25) is 0 Å². The molecule has 2 unspecified atom stereocenters. The van der Waals surface area contributed by atoms with E-state index in [1.165, 1.54) is 5.56 Å². The van der Waals surface area contributed by atoms with E-state index in [9.17, 15) is 9.90 Å². The third-order valence-corrected chi connectivity index (χ3v) is 7.18. The highest BCUT2D eigenvalue weighted by Gasteiger charge is 2.36. The highest BCUT2D eigenvalue weighted by atomic mass is 16.5. The van der Waals surface area contributed by atoms with Crippen molar-refractivity contribution in [2.24, 2.45) is 5.92 Å². The second kappa shape index (κ2) is 9.83. The molecule has 0 bridgehead atoms. The number of ketones is 1. The molecule has 4 heteroatoms. The zero-order valence-corrected chi connectivity index (χ0v) is 20.3. The van der Waals surface area contributed by atoms with Crippen LogP contribution < -0.4 is 4.74 Å². The molecule has 0 amide bonds. The van der Waals surface area contributed by atoms with Crippen molar-refractivity contribution in [1.82, 2.24) is 4.57 Å². The van der Waals surface area contributed by atoms with Crippen molar-refractivity contribution in [3.05, 3.63) is 102 Å². The van der Waals surface area contributed by atoms with Crippen LogP contribution in [0.2, 0.25) is 0 Å². The maximum atomic E-state index is 13.2. The van der Waals surface area contributed by atoms with Gasteiger partial charge in [-0.1, -0.05) is 66.6 Å². The van der Waals surface area contributed by atoms with Crippen molar-refractivity contribution in [2.75, 3.05) is 7.11 Å². The van der Waals surface area contributed by atoms with E-state index in [-0.39, 0.29) is 23.5 Å². The normalized spacial score (nSPS) is 16.7. The van der Waals surface area contributed by atoms with Gasteiger partial charge in [0.05, 0.1) is 12.8 Å². The first-order chi connectivity index (χ1) is 17.1. The molecule has 1 aliphatic carbocycles. The predicted molar refractivity (Wildman–Crippen MR) is 139 cm³/mol. The molecule has 0 aliphatic heterocycles. The van der Waals surface area contributed by atoms with Gasteiger partial charge in [0.15, 0.2) is 5.88 Å². The predicted octanol–water partition coefficient (Wildman–Crippen LogP) is 7.06. The van der Waals surface area contributed by atoms with E-state index in [1.807, 2.05) is 59.2 Å². The van der Waals surface area contributed by atoms with Crippen LogP contribution in [0.3, 0.4) is 0 Å². The summed E-state index contributed by atoms with van der Waals surface area (Å²) in [5, 5.41) is 11.8. The highest BCUT2D eigenvalue weighted by molar-refractivity contribution is 5.84. The minimum Gasteiger partial charge on any atom is -0.497 e. The average Bonchev–Trinajstić information content (AvgIpc) is 3.23. The zero-order valence-electron chi connectivity index (χ0n) is 20.3. The number of aryl methyl sites for hydroxylation is 1. The van der Waals surface area contributed by atoms with Crippen molar-refractivity contribution >= 4 is 5.78 Å². The van der Waals surface area contributed by atoms with Gasteiger partial charge in [-0.05, 0) is 61.2 Å². The van der Waals surface area contributed by atoms with Gasteiger partial charge in [-0.2, -0.15) is 0 Å². The quantitative estimate of drug-likeness (QED) is 0.332. The van der Waals surface area contributed by atoms with E-state index in [0.29, 0.717) is 6.42 Å². The molecule has 1 aromatic heterocycles. The number of nitrogens with zero attached hydrogens (tertiary/aromatic N) is 1. The Balaban J connectivity index is 1.72. The van der Waals surface area contributed by atoms with Crippen LogP contribution in [0.15, 0.2) is 84.9 Å². The van der Waals surface area contributed by atoms with Crippen LogP contribution in [0.5, 0.6) is 11.6 Å². The van der Waals surface area contributed by atoms with Gasteiger partial charge in [0.25, 0.3) is 0 Å². The molecule has 2 atom stereocenters. The van der Waals surface area contributed by atoms with Crippen LogP contribution in [0.25, 0.3) is 16.9 Å². The molecule has 1 heterocycles. The fraction of sp³-hybridized carbons (Fsp3) is 0.258. The van der Waals surface area contributed by atoms with Gasteiger partial charge in [0, 0.05) is 29.5 Å². The molecule has 1 fully saturated rings. The van der Waals surface area contributed by atoms with Gasteiger partial charge in [-0.3, -0.25) is 9.36 Å². The number of carbonyl (C=O) groups is 1. The number of aromatic nitrogens is 1. The summed E-state index contributed by atoms with van der Waals surface area (Å²) < 4.78 is 7.28. The number of para-hydroxylation sites is 1. The second-order valence-electron chi connectivity index (χ2n) is 9.41. The van der Waals surface area contributed by atoms with Gasteiger partial charge in [-0.25, -0.2) is 0 Å². The molecule has 5 rings (SSSR count). The molecular formula is C31H31NO3. The molecule has 1 saturated carbocycles. The Morgan fingerprint density at radius 1 is 0.943 bits per heavy atom. The zero-order chi connectivity index (χ0) is 24.4. The molecular weight excluding hydrogens is 434 g/mol. The molecule has 4 aromatic rings. The van der Waals surface area contributed by atoms with Crippen molar-refractivity contribution < 1.29 is 14.6 Å². The average molecular weight is 466 g/mol. The van der Waals surface area contributed by atoms with Crippen LogP contribution in [0.4, 0.5) is 0 Å². The summed E-state index contributed by atoms with van der Waals surface area (Å²) in [6.07, 6.45) is 3.39. The fourth-order valence-electron chi connectivity index (χ4n) is 5.33. The first-order valence-corrected chi connectivity index (χ1v) is 12.3. The molecule has 4 nitrogen and oxygen atoms in total. The van der Waals surface area contributed by atoms with E-state index < -0.39 is 0 Å². The Labute approximate surface area is 206 Å². The van der Waals surface area contributed by atoms with Gasteiger partial charge >= 0.3 is 0 Å². The maximum Gasteiger partial charge on any atom is 0.200 e. The number of Topliss-reactive ketones (excluding diaryl/α,β-unsaturated/α-hetero) is 1. The third-order valence-electron chi connectivity index (χ3n) is 7.18. The first-order valence-electron chi connectivity index (χ1n) is 12.3. The Hall–Kier alpha value is -3.79. The summed E-state index contributed by atoms with van der Waals surface area (Å²) in [6.45, 7) is 2.07. The highest BCUT2D eigenvalue weighted by Crippen LogP contribution is 2.46. The van der Waals surface area contributed by atoms with Gasteiger partial charge < -0.3 is 9.84 Å². The number of ether oxygens (including phenoxy) is 1. The van der Waals surface area contributed by atoms with Crippen molar-refractivity contribution in [3.8, 4) is 28.6 Å². The largest absolute Gasteiger partial charge is 0.497 e. The monoisotopic (exact) mass is 465 g/mol. The van der Waals surface area contributed by atoms with Gasteiger partial charge in [-0.15, -0.1) is 0 Å². The lowest BCUT2D eigenvalue weighted by atomic mass is 9.73. The number of methoxy groups -OCH3 is 1. The summed E-state index contributed by atoms with van der Waals surface area (Å²) in [5.74, 6) is 0.837. The fourth-order valence-corrected chi connectivity index (χ4v) is 5.33. The summed E-state index contributed by atoms with van der Waals surface area (Å²) in [4.78, 5) is 13.2. The second-order valence-corrected chi connectivity index (χ2v) is 9.41. The number of benzene rings is 3. The van der Waals surface area contributed by atoms with E-state index in [1.54, 1.807) is 7.11 Å². The summed E-state index contributed by atoms with van der Waals surface area (Å²) in [6, 6.07) is 28.2. The maximum absolute atomic E-state index is 13.2. The standard InChI is InChI=1S/C31H31NO3/c1-21-12-14-22(15-13-21)28-20-27(31(34)32(28)24-8-4-3-5-9-24)30(26-10-6-7-11-29(26)33)23-16-18-25(35-2)19-17-23/h3-5,8-9,12-20,26,30,34H,6-7,10-11H2,1-2H3. The van der Waals surface area contributed by atoms with Crippen molar-refractivity contribution in [2.45, 2.75) is 38.5 Å². The summed E-state index contributed by atoms with van der Waals surface area (Å²) >= 11 is 0. The minimum atomic E-state index is -0.233. The van der Waals surface area contributed by atoms with E-state index in [0.717, 1.165) is 53.1 Å². The van der Waals surface area contributed by atoms with E-state index >= 15 is 0 Å². The Morgan fingerprint density at radius 2 is 1.66 bits per heavy atom. The summed E-state index contributed by atoms with van der Waals surface area (Å²) in [5.41, 5.74) is 5.79. The number of aromatic hydroxyl groups is 1. The van der Waals surface area contributed by atoms with E-state index in [4.69, 9.17) is 4.74 Å². The first kappa shape index (κ1) is 23.0. The number of carbonyl (C=O) groups excluding carboxylic acids is 1. The Kier molecular flexibility index (Phi) is 6.45. The molecule has 0 radical (unpaired) electrons. The third kappa shape index (κ3) is 4.49. The lowest BCUT2D eigenvalue weighted by Crippen LogP contribution is -2.26. The van der Waals surface area contributed by atoms with E-state index in [2.05, 4.69) is 37.3 Å². The molecule has 3 aromatic carbocycles. The Bertz CT molecular complexity index is 1300. The molecule has 35 heavy (non-hydrogen) atoms. The topological polar surface area (TPSA) is 51.5 Å². The minimum absolute atomic E-state index is 0.166. The van der Waals surface area contributed by atoms with Crippen LogP contribution >= 0.6 is 0 Å². The molecule has 1 N–H and O–H groups in total. The van der Waals surface area contributed by atoms with Crippen LogP contribution in [-0.4, -0.2) is 22.6 Å². The van der Waals surface area contributed by atoms with Crippen LogP contribution in [0.1, 0.15) is 48.3 Å². The van der Waals surface area contributed by atoms with Crippen molar-refractivity contribution in [3.63, 3.8) is 0 Å². The Morgan fingerprint density at radius 3 is 2.31 bits per heavy atom.